The van der Waals surface area contributed by atoms with Crippen LogP contribution in [0.2, 0.25) is 5.02 Å². The van der Waals surface area contributed by atoms with Crippen molar-refractivity contribution in [1.82, 2.24) is 9.78 Å². The van der Waals surface area contributed by atoms with E-state index in [2.05, 4.69) is 12.0 Å². The summed E-state index contributed by atoms with van der Waals surface area (Å²) in [6.07, 6.45) is 5.43. The van der Waals surface area contributed by atoms with Crippen LogP contribution in [0, 0.1) is 0 Å². The lowest BCUT2D eigenvalue weighted by molar-refractivity contribution is 0.0791. The topological polar surface area (TPSA) is 38.0 Å². The number of aromatic nitrogens is 2. The Labute approximate surface area is 77.0 Å². The Kier molecular flexibility index (Phi) is 3.56. The minimum atomic E-state index is -0.530. The molecule has 0 aliphatic rings. The van der Waals surface area contributed by atoms with Gasteiger partial charge >= 0.3 is 0 Å². The fraction of sp³-hybridized carbons (Fsp3) is 0.625. The zero-order valence-corrected chi connectivity index (χ0v) is 7.83. The summed E-state index contributed by atoms with van der Waals surface area (Å²) in [6.45, 7) is 2.09. The van der Waals surface area contributed by atoms with Crippen molar-refractivity contribution >= 4 is 11.6 Å². The molecule has 1 aromatic rings. The molecule has 68 valence electrons. The highest BCUT2D eigenvalue weighted by molar-refractivity contribution is 6.30. The van der Waals surface area contributed by atoms with Gasteiger partial charge in [0.25, 0.3) is 0 Å². The van der Waals surface area contributed by atoms with Crippen molar-refractivity contribution in [2.75, 3.05) is 0 Å². The Hall–Kier alpha value is -0.540. The van der Waals surface area contributed by atoms with Gasteiger partial charge in [-0.3, -0.25) is 0 Å². The van der Waals surface area contributed by atoms with Crippen molar-refractivity contribution in [1.29, 1.82) is 0 Å². The van der Waals surface area contributed by atoms with Gasteiger partial charge in [0.2, 0.25) is 0 Å². The molecular weight excluding hydrogens is 176 g/mol. The molecular formula is C8H13ClN2O. The molecule has 0 amide bonds. The number of aliphatic hydroxyl groups is 1. The van der Waals surface area contributed by atoms with Gasteiger partial charge in [-0.15, -0.1) is 0 Å². The number of hydrogen-bond donors (Lipinski definition) is 1. The van der Waals surface area contributed by atoms with Gasteiger partial charge in [0, 0.05) is 6.20 Å². The van der Waals surface area contributed by atoms with Crippen LogP contribution < -0.4 is 0 Å². The highest BCUT2D eigenvalue weighted by Gasteiger charge is 2.05. The number of halogens is 1. The highest BCUT2D eigenvalue weighted by Crippen LogP contribution is 2.13. The Morgan fingerprint density at radius 1 is 1.75 bits per heavy atom. The molecule has 0 spiro atoms. The first-order valence-corrected chi connectivity index (χ1v) is 4.49. The second kappa shape index (κ2) is 4.48. The molecule has 1 heterocycles. The van der Waals surface area contributed by atoms with Gasteiger partial charge in [0.15, 0.2) is 0 Å². The van der Waals surface area contributed by atoms with E-state index in [4.69, 9.17) is 11.6 Å². The van der Waals surface area contributed by atoms with Gasteiger partial charge < -0.3 is 5.11 Å². The molecule has 0 fully saturated rings. The Bertz CT molecular complexity index is 237. The lowest BCUT2D eigenvalue weighted by Crippen LogP contribution is -2.08. The van der Waals surface area contributed by atoms with Gasteiger partial charge in [-0.1, -0.05) is 24.9 Å². The van der Waals surface area contributed by atoms with Crippen molar-refractivity contribution < 1.29 is 5.11 Å². The summed E-state index contributed by atoms with van der Waals surface area (Å²) in [5.74, 6) is 0. The van der Waals surface area contributed by atoms with Gasteiger partial charge in [0.05, 0.1) is 11.2 Å². The highest BCUT2D eigenvalue weighted by atomic mass is 35.5. The van der Waals surface area contributed by atoms with Crippen LogP contribution in [0.4, 0.5) is 0 Å². The molecule has 0 saturated heterocycles. The summed E-state index contributed by atoms with van der Waals surface area (Å²) < 4.78 is 1.48. The molecule has 0 saturated carbocycles. The average molecular weight is 189 g/mol. The monoisotopic (exact) mass is 188 g/mol. The van der Waals surface area contributed by atoms with Crippen molar-refractivity contribution in [3.63, 3.8) is 0 Å². The number of hydrogen-bond acceptors (Lipinski definition) is 2. The number of nitrogens with zero attached hydrogens (tertiary/aromatic N) is 2. The first kappa shape index (κ1) is 9.55. The molecule has 0 aromatic carbocycles. The lowest BCUT2D eigenvalue weighted by atomic mass is 10.2. The molecule has 1 unspecified atom stereocenters. The minimum Gasteiger partial charge on any atom is -0.372 e. The van der Waals surface area contributed by atoms with E-state index in [1.165, 1.54) is 10.9 Å². The van der Waals surface area contributed by atoms with Crippen LogP contribution in [0.15, 0.2) is 12.4 Å². The zero-order chi connectivity index (χ0) is 8.97. The van der Waals surface area contributed by atoms with E-state index in [-0.39, 0.29) is 0 Å². The number of rotatable bonds is 4. The van der Waals surface area contributed by atoms with E-state index >= 15 is 0 Å². The second-order valence-corrected chi connectivity index (χ2v) is 3.20. The molecule has 0 radical (unpaired) electrons. The maximum Gasteiger partial charge on any atom is 0.147 e. The standard InChI is InChI=1S/C8H13ClN2O/c1-2-3-4-8(12)11-6-7(9)5-10-11/h5-6,8,12H,2-4H2,1H3. The van der Waals surface area contributed by atoms with Crippen LogP contribution in [0.1, 0.15) is 32.4 Å². The minimum absolute atomic E-state index is 0.530. The molecule has 1 aromatic heterocycles. The maximum absolute atomic E-state index is 9.51. The van der Waals surface area contributed by atoms with Gasteiger partial charge in [-0.2, -0.15) is 5.10 Å². The van der Waals surface area contributed by atoms with Crippen molar-refractivity contribution in [2.24, 2.45) is 0 Å². The molecule has 0 aliphatic carbocycles. The van der Waals surface area contributed by atoms with Crippen LogP contribution in [0.25, 0.3) is 0 Å². The molecule has 12 heavy (non-hydrogen) atoms. The van der Waals surface area contributed by atoms with Crippen LogP contribution >= 0.6 is 11.6 Å². The fourth-order valence-electron chi connectivity index (χ4n) is 0.997. The summed E-state index contributed by atoms with van der Waals surface area (Å²) in [4.78, 5) is 0. The summed E-state index contributed by atoms with van der Waals surface area (Å²) in [5.41, 5.74) is 0. The van der Waals surface area contributed by atoms with Gasteiger partial charge in [-0.05, 0) is 12.8 Å². The summed E-state index contributed by atoms with van der Waals surface area (Å²) in [5, 5.41) is 14.0. The Morgan fingerprint density at radius 3 is 3.00 bits per heavy atom. The van der Waals surface area contributed by atoms with E-state index in [0.717, 1.165) is 19.3 Å². The third-order valence-electron chi connectivity index (χ3n) is 1.69. The largest absolute Gasteiger partial charge is 0.372 e. The predicted octanol–water partition coefficient (Wildman–Crippen LogP) is 2.22. The smallest absolute Gasteiger partial charge is 0.147 e. The lowest BCUT2D eigenvalue weighted by Gasteiger charge is -2.09. The van der Waals surface area contributed by atoms with Gasteiger partial charge in [0.1, 0.15) is 6.23 Å². The summed E-state index contributed by atoms with van der Waals surface area (Å²) in [6, 6.07) is 0. The number of aliphatic hydroxyl groups excluding tert-OH is 1. The van der Waals surface area contributed by atoms with Crippen LogP contribution in [0.3, 0.4) is 0 Å². The SMILES string of the molecule is CCCCC(O)n1cc(Cl)cn1. The van der Waals surface area contributed by atoms with E-state index in [1.54, 1.807) is 6.20 Å². The van der Waals surface area contributed by atoms with Crippen molar-refractivity contribution in [2.45, 2.75) is 32.4 Å². The Balaban J connectivity index is 2.47. The van der Waals surface area contributed by atoms with E-state index in [9.17, 15) is 5.11 Å². The summed E-state index contributed by atoms with van der Waals surface area (Å²) >= 11 is 5.64. The first-order valence-electron chi connectivity index (χ1n) is 4.11. The molecule has 0 bridgehead atoms. The van der Waals surface area contributed by atoms with Gasteiger partial charge in [-0.25, -0.2) is 4.68 Å². The number of unbranched alkanes of at least 4 members (excludes halogenated alkanes) is 1. The first-order chi connectivity index (χ1) is 5.74. The second-order valence-electron chi connectivity index (χ2n) is 2.76. The Morgan fingerprint density at radius 2 is 2.50 bits per heavy atom. The third-order valence-corrected chi connectivity index (χ3v) is 1.89. The average Bonchev–Trinajstić information content (AvgIpc) is 2.47. The van der Waals surface area contributed by atoms with E-state index in [0.29, 0.717) is 5.02 Å². The molecule has 4 heteroatoms. The summed E-state index contributed by atoms with van der Waals surface area (Å²) in [7, 11) is 0. The molecule has 1 atom stereocenters. The van der Waals surface area contributed by atoms with Crippen LogP contribution in [0.5, 0.6) is 0 Å². The quantitative estimate of drug-likeness (QED) is 0.787. The van der Waals surface area contributed by atoms with E-state index < -0.39 is 6.23 Å². The van der Waals surface area contributed by atoms with Crippen molar-refractivity contribution in [3.8, 4) is 0 Å². The van der Waals surface area contributed by atoms with Crippen molar-refractivity contribution in [3.05, 3.63) is 17.4 Å². The molecule has 0 aliphatic heterocycles. The molecule has 1 N–H and O–H groups in total. The maximum atomic E-state index is 9.51. The third kappa shape index (κ3) is 2.50. The van der Waals surface area contributed by atoms with Crippen LogP contribution in [-0.2, 0) is 0 Å². The predicted molar refractivity (Wildman–Crippen MR) is 48.0 cm³/mol. The molecule has 1 rings (SSSR count). The molecule has 3 nitrogen and oxygen atoms in total. The zero-order valence-electron chi connectivity index (χ0n) is 7.07. The fourth-order valence-corrected chi connectivity index (χ4v) is 1.14. The van der Waals surface area contributed by atoms with E-state index in [1.807, 2.05) is 0 Å². The van der Waals surface area contributed by atoms with Crippen LogP contribution in [-0.4, -0.2) is 14.9 Å². The normalized spacial score (nSPS) is 13.2.